The van der Waals surface area contributed by atoms with Crippen LogP contribution < -0.4 is 14.9 Å². The first-order chi connectivity index (χ1) is 11.9. The van der Waals surface area contributed by atoms with Crippen molar-refractivity contribution in [2.75, 3.05) is 13.7 Å². The summed E-state index contributed by atoms with van der Waals surface area (Å²) in [6.07, 6.45) is 1.33. The van der Waals surface area contributed by atoms with Crippen molar-refractivity contribution in [2.45, 2.75) is 13.8 Å². The number of phenolic OH excluding ortho intramolecular Hbond substituents is 1. The number of carbonyl (C=O) groups excluding carboxylic acids is 1. The monoisotopic (exact) mass is 406 g/mol. The number of rotatable bonds is 6. The van der Waals surface area contributed by atoms with Gasteiger partial charge in [-0.15, -0.1) is 0 Å². The maximum atomic E-state index is 11.9. The third-order valence-corrected chi connectivity index (χ3v) is 3.90. The van der Waals surface area contributed by atoms with Gasteiger partial charge in [0.1, 0.15) is 5.75 Å². The van der Waals surface area contributed by atoms with E-state index in [1.54, 1.807) is 12.1 Å². The van der Waals surface area contributed by atoms with Crippen LogP contribution in [0, 0.1) is 13.8 Å². The lowest BCUT2D eigenvalue weighted by Crippen LogP contribution is -2.25. The summed E-state index contributed by atoms with van der Waals surface area (Å²) in [7, 11) is 1.45. The van der Waals surface area contributed by atoms with Crippen LogP contribution in [0.5, 0.6) is 17.2 Å². The van der Waals surface area contributed by atoms with Gasteiger partial charge in [-0.25, -0.2) is 5.43 Å². The van der Waals surface area contributed by atoms with E-state index < -0.39 is 5.91 Å². The molecule has 6 nitrogen and oxygen atoms in total. The Labute approximate surface area is 154 Å². The van der Waals surface area contributed by atoms with Crippen LogP contribution >= 0.6 is 15.9 Å². The van der Waals surface area contributed by atoms with E-state index in [0.717, 1.165) is 11.1 Å². The third kappa shape index (κ3) is 4.96. The summed E-state index contributed by atoms with van der Waals surface area (Å²) in [5.74, 6) is 0.535. The number of nitrogens with zero attached hydrogens (tertiary/aromatic N) is 1. The molecule has 0 saturated heterocycles. The van der Waals surface area contributed by atoms with Gasteiger partial charge in [-0.1, -0.05) is 34.1 Å². The number of methoxy groups -OCH3 is 1. The van der Waals surface area contributed by atoms with Crippen LogP contribution in [0.4, 0.5) is 0 Å². The Kier molecular flexibility index (Phi) is 6.41. The Hall–Kier alpha value is -2.54. The molecule has 0 unspecified atom stereocenters. The standard InChI is InChI=1S/C18H19BrN2O4/c1-11-5-4-6-12(2)18(11)25-10-16(22)21-20-9-13-7-14(19)8-15(24-3)17(13)23/h4-9,23H,10H2,1-3H3,(H,21,22)/b20-9+. The SMILES string of the molecule is COc1cc(Br)cc(/C=N/NC(=O)COc2c(C)cccc2C)c1O. The number of carbonyl (C=O) groups is 1. The van der Waals surface area contributed by atoms with Crippen molar-refractivity contribution in [3.63, 3.8) is 0 Å². The predicted octanol–water partition coefficient (Wildman–Crippen LogP) is 3.31. The first kappa shape index (κ1) is 18.8. The van der Waals surface area contributed by atoms with Crippen molar-refractivity contribution < 1.29 is 19.4 Å². The molecular formula is C18H19BrN2O4. The summed E-state index contributed by atoms with van der Waals surface area (Å²) in [6, 6.07) is 9.05. The zero-order chi connectivity index (χ0) is 18.4. The predicted molar refractivity (Wildman–Crippen MR) is 99.5 cm³/mol. The first-order valence-corrected chi connectivity index (χ1v) is 8.29. The molecule has 1 amide bonds. The lowest BCUT2D eigenvalue weighted by atomic mass is 10.1. The second-order valence-electron chi connectivity index (χ2n) is 5.35. The molecular weight excluding hydrogens is 388 g/mol. The normalized spacial score (nSPS) is 10.7. The smallest absolute Gasteiger partial charge is 0.277 e. The molecule has 132 valence electrons. The topological polar surface area (TPSA) is 80.2 Å². The average molecular weight is 407 g/mol. The van der Waals surface area contributed by atoms with Crippen molar-refractivity contribution in [1.82, 2.24) is 5.43 Å². The fourth-order valence-electron chi connectivity index (χ4n) is 2.22. The molecule has 0 heterocycles. The van der Waals surface area contributed by atoms with Gasteiger partial charge in [-0.2, -0.15) is 5.10 Å². The van der Waals surface area contributed by atoms with Gasteiger partial charge in [-0.3, -0.25) is 4.79 Å². The van der Waals surface area contributed by atoms with Crippen LogP contribution in [0.15, 0.2) is 39.9 Å². The number of phenols is 1. The summed E-state index contributed by atoms with van der Waals surface area (Å²) in [6.45, 7) is 3.68. The maximum absolute atomic E-state index is 11.9. The molecule has 0 radical (unpaired) electrons. The molecule has 0 aliphatic rings. The molecule has 0 atom stereocenters. The highest BCUT2D eigenvalue weighted by Crippen LogP contribution is 2.32. The van der Waals surface area contributed by atoms with Crippen LogP contribution in [0.3, 0.4) is 0 Å². The molecule has 0 aromatic heterocycles. The highest BCUT2D eigenvalue weighted by molar-refractivity contribution is 9.10. The molecule has 2 aromatic rings. The van der Waals surface area contributed by atoms with Gasteiger partial charge < -0.3 is 14.6 Å². The number of halogens is 1. The summed E-state index contributed by atoms with van der Waals surface area (Å²) >= 11 is 3.31. The Morgan fingerprint density at radius 1 is 1.32 bits per heavy atom. The Bertz CT molecular complexity index is 786. The molecule has 25 heavy (non-hydrogen) atoms. The van der Waals surface area contributed by atoms with Gasteiger partial charge in [0.2, 0.25) is 0 Å². The lowest BCUT2D eigenvalue weighted by Gasteiger charge is -2.10. The van der Waals surface area contributed by atoms with Gasteiger partial charge in [0.15, 0.2) is 18.1 Å². The van der Waals surface area contributed by atoms with Crippen molar-refractivity contribution in [2.24, 2.45) is 5.10 Å². The van der Waals surface area contributed by atoms with Crippen LogP contribution in [0.2, 0.25) is 0 Å². The van der Waals surface area contributed by atoms with Gasteiger partial charge in [0.25, 0.3) is 5.91 Å². The van der Waals surface area contributed by atoms with Gasteiger partial charge in [0.05, 0.1) is 13.3 Å². The number of hydrazone groups is 1. The van der Waals surface area contributed by atoms with Gasteiger partial charge in [-0.05, 0) is 37.1 Å². The number of para-hydroxylation sites is 1. The van der Waals surface area contributed by atoms with E-state index in [0.29, 0.717) is 21.5 Å². The minimum absolute atomic E-state index is 0.0597. The van der Waals surface area contributed by atoms with Crippen molar-refractivity contribution in [3.8, 4) is 17.2 Å². The van der Waals surface area contributed by atoms with E-state index in [1.807, 2.05) is 32.0 Å². The number of hydrogen-bond acceptors (Lipinski definition) is 5. The zero-order valence-corrected chi connectivity index (χ0v) is 15.8. The molecule has 2 N–H and O–H groups in total. The van der Waals surface area contributed by atoms with Crippen LogP contribution in [0.25, 0.3) is 0 Å². The Morgan fingerprint density at radius 2 is 2.00 bits per heavy atom. The van der Waals surface area contributed by atoms with E-state index in [4.69, 9.17) is 9.47 Å². The summed E-state index contributed by atoms with van der Waals surface area (Å²) in [4.78, 5) is 11.9. The lowest BCUT2D eigenvalue weighted by molar-refractivity contribution is -0.123. The number of aryl methyl sites for hydroxylation is 2. The second-order valence-corrected chi connectivity index (χ2v) is 6.26. The second kappa shape index (κ2) is 8.53. The van der Waals surface area contributed by atoms with Crippen LogP contribution in [-0.4, -0.2) is 30.9 Å². The van der Waals surface area contributed by atoms with Crippen LogP contribution in [0.1, 0.15) is 16.7 Å². The van der Waals surface area contributed by atoms with Crippen molar-refractivity contribution >= 4 is 28.1 Å². The van der Waals surface area contributed by atoms with Gasteiger partial charge >= 0.3 is 0 Å². The number of amides is 1. The minimum Gasteiger partial charge on any atom is -0.504 e. The minimum atomic E-state index is -0.402. The van der Waals surface area contributed by atoms with Gasteiger partial charge in [0, 0.05) is 10.0 Å². The number of aromatic hydroxyl groups is 1. The van der Waals surface area contributed by atoms with Crippen molar-refractivity contribution in [3.05, 3.63) is 51.5 Å². The number of benzene rings is 2. The average Bonchev–Trinajstić information content (AvgIpc) is 2.57. The molecule has 7 heteroatoms. The number of ether oxygens (including phenoxy) is 2. The van der Waals surface area contributed by atoms with Crippen LogP contribution in [-0.2, 0) is 4.79 Å². The molecule has 2 rings (SSSR count). The summed E-state index contributed by atoms with van der Waals surface area (Å²) < 4.78 is 11.3. The molecule has 2 aromatic carbocycles. The molecule has 0 aliphatic carbocycles. The third-order valence-electron chi connectivity index (χ3n) is 3.44. The fourth-order valence-corrected chi connectivity index (χ4v) is 2.67. The van der Waals surface area contributed by atoms with E-state index in [-0.39, 0.29) is 12.4 Å². The molecule has 0 spiro atoms. The molecule has 0 fully saturated rings. The number of hydrogen-bond donors (Lipinski definition) is 2. The molecule has 0 bridgehead atoms. The summed E-state index contributed by atoms with van der Waals surface area (Å²) in [5, 5.41) is 13.9. The Balaban J connectivity index is 1.96. The quantitative estimate of drug-likeness (QED) is 0.569. The highest BCUT2D eigenvalue weighted by Gasteiger charge is 2.09. The zero-order valence-electron chi connectivity index (χ0n) is 14.2. The molecule has 0 aliphatic heterocycles. The van der Waals surface area contributed by atoms with Crippen molar-refractivity contribution in [1.29, 1.82) is 0 Å². The highest BCUT2D eigenvalue weighted by atomic mass is 79.9. The molecule has 0 saturated carbocycles. The Morgan fingerprint density at radius 3 is 2.64 bits per heavy atom. The fraction of sp³-hybridized carbons (Fsp3) is 0.222. The van der Waals surface area contributed by atoms with E-state index in [2.05, 4.69) is 26.5 Å². The summed E-state index contributed by atoms with van der Waals surface area (Å²) in [5.41, 5.74) is 4.69. The number of nitrogens with one attached hydrogen (secondary N) is 1. The van der Waals surface area contributed by atoms with E-state index in [9.17, 15) is 9.90 Å². The maximum Gasteiger partial charge on any atom is 0.277 e. The van der Waals surface area contributed by atoms with E-state index in [1.165, 1.54) is 13.3 Å². The van der Waals surface area contributed by atoms with E-state index >= 15 is 0 Å². The largest absolute Gasteiger partial charge is 0.504 e. The first-order valence-electron chi connectivity index (χ1n) is 7.49.